The van der Waals surface area contributed by atoms with Crippen molar-refractivity contribution in [3.63, 3.8) is 0 Å². The summed E-state index contributed by atoms with van der Waals surface area (Å²) in [5.74, 6) is 1.89. The van der Waals surface area contributed by atoms with E-state index in [2.05, 4.69) is 15.9 Å². The van der Waals surface area contributed by atoms with Crippen molar-refractivity contribution >= 4 is 56.1 Å². The van der Waals surface area contributed by atoms with E-state index >= 15 is 0 Å². The molecule has 6 heteroatoms. The standard InChI is InChI=1S/C15H11BrCl2O2S/c1-2-21-14-6-4-10(8-11(14)15(18)19)20-13-5-3-9(16)7-12(13)17/h3-8H,2H2,1H3. The van der Waals surface area contributed by atoms with Gasteiger partial charge in [-0.2, -0.15) is 0 Å². The summed E-state index contributed by atoms with van der Waals surface area (Å²) in [4.78, 5) is 12.4. The van der Waals surface area contributed by atoms with Gasteiger partial charge in [0.15, 0.2) is 0 Å². The molecule has 0 fully saturated rings. The Balaban J connectivity index is 2.32. The Morgan fingerprint density at radius 3 is 2.67 bits per heavy atom. The molecule has 0 unspecified atom stereocenters. The van der Waals surface area contributed by atoms with Gasteiger partial charge in [-0.05, 0) is 53.8 Å². The average Bonchev–Trinajstić information content (AvgIpc) is 2.43. The summed E-state index contributed by atoms with van der Waals surface area (Å²) in [6.45, 7) is 2.01. The van der Waals surface area contributed by atoms with Crippen LogP contribution in [0, 0.1) is 0 Å². The number of hydrogen-bond acceptors (Lipinski definition) is 3. The van der Waals surface area contributed by atoms with Crippen LogP contribution in [0.4, 0.5) is 0 Å². The van der Waals surface area contributed by atoms with Gasteiger partial charge < -0.3 is 4.74 Å². The Labute approximate surface area is 145 Å². The average molecular weight is 406 g/mol. The molecule has 0 bridgehead atoms. The molecule has 110 valence electrons. The van der Waals surface area contributed by atoms with Crippen molar-refractivity contribution < 1.29 is 9.53 Å². The van der Waals surface area contributed by atoms with Gasteiger partial charge >= 0.3 is 0 Å². The first-order valence-corrected chi connectivity index (χ1v) is 8.64. The zero-order chi connectivity index (χ0) is 15.4. The Morgan fingerprint density at radius 2 is 2.05 bits per heavy atom. The van der Waals surface area contributed by atoms with Gasteiger partial charge in [-0.1, -0.05) is 34.5 Å². The minimum absolute atomic E-state index is 0.439. The van der Waals surface area contributed by atoms with E-state index in [1.165, 1.54) is 0 Å². The van der Waals surface area contributed by atoms with Gasteiger partial charge in [0, 0.05) is 9.37 Å². The lowest BCUT2D eigenvalue weighted by Crippen LogP contribution is -1.95. The molecular weight excluding hydrogens is 395 g/mol. The molecule has 0 amide bonds. The van der Waals surface area contributed by atoms with Crippen molar-refractivity contribution in [2.75, 3.05) is 5.75 Å². The molecule has 2 aromatic carbocycles. The molecule has 0 N–H and O–H groups in total. The van der Waals surface area contributed by atoms with Crippen LogP contribution in [0.15, 0.2) is 45.8 Å². The molecular formula is C15H11BrCl2O2S. The minimum Gasteiger partial charge on any atom is -0.456 e. The maximum atomic E-state index is 11.5. The zero-order valence-electron chi connectivity index (χ0n) is 11.0. The van der Waals surface area contributed by atoms with E-state index in [9.17, 15) is 4.79 Å². The molecule has 0 radical (unpaired) electrons. The quantitative estimate of drug-likeness (QED) is 0.426. The molecule has 0 atom stereocenters. The Morgan fingerprint density at radius 1 is 1.29 bits per heavy atom. The third-order valence-corrected chi connectivity index (χ3v) is 4.53. The van der Waals surface area contributed by atoms with Crippen LogP contribution in [-0.4, -0.2) is 11.0 Å². The summed E-state index contributed by atoms with van der Waals surface area (Å²) >= 11 is 16.6. The van der Waals surface area contributed by atoms with E-state index < -0.39 is 5.24 Å². The normalized spacial score (nSPS) is 10.5. The van der Waals surface area contributed by atoms with Gasteiger partial charge in [0.25, 0.3) is 5.24 Å². The summed E-state index contributed by atoms with van der Waals surface area (Å²) in [6.07, 6.45) is 0. The molecule has 2 rings (SSSR count). The van der Waals surface area contributed by atoms with Gasteiger partial charge in [-0.3, -0.25) is 4.79 Å². The van der Waals surface area contributed by atoms with Crippen molar-refractivity contribution in [1.29, 1.82) is 0 Å². The van der Waals surface area contributed by atoms with Gasteiger partial charge in [-0.25, -0.2) is 0 Å². The van der Waals surface area contributed by atoms with Crippen LogP contribution < -0.4 is 4.74 Å². The molecule has 0 saturated carbocycles. The highest BCUT2D eigenvalue weighted by molar-refractivity contribution is 9.10. The van der Waals surface area contributed by atoms with Gasteiger partial charge in [0.2, 0.25) is 0 Å². The number of hydrogen-bond donors (Lipinski definition) is 0. The number of carbonyl (C=O) groups is 1. The number of ether oxygens (including phenoxy) is 1. The molecule has 0 aliphatic carbocycles. The van der Waals surface area contributed by atoms with Crippen molar-refractivity contribution in [3.05, 3.63) is 51.5 Å². The fraction of sp³-hybridized carbons (Fsp3) is 0.133. The summed E-state index contributed by atoms with van der Waals surface area (Å²) < 4.78 is 6.58. The van der Waals surface area contributed by atoms with Crippen molar-refractivity contribution in [2.45, 2.75) is 11.8 Å². The fourth-order valence-electron chi connectivity index (χ4n) is 1.69. The Bertz CT molecular complexity index is 677. The highest BCUT2D eigenvalue weighted by Gasteiger charge is 2.12. The summed E-state index contributed by atoms with van der Waals surface area (Å²) in [5, 5.41) is -0.0200. The first-order valence-electron chi connectivity index (χ1n) is 6.11. The molecule has 0 heterocycles. The van der Waals surface area contributed by atoms with Crippen LogP contribution in [0.1, 0.15) is 17.3 Å². The number of thioether (sulfide) groups is 1. The van der Waals surface area contributed by atoms with Gasteiger partial charge in [-0.15, -0.1) is 11.8 Å². The van der Waals surface area contributed by atoms with Crippen LogP contribution in [-0.2, 0) is 0 Å². The largest absolute Gasteiger partial charge is 0.456 e. The van der Waals surface area contributed by atoms with Gasteiger partial charge in [0.1, 0.15) is 11.5 Å². The molecule has 0 saturated heterocycles. The number of halogens is 3. The predicted octanol–water partition coefficient (Wildman–Crippen LogP) is 6.39. The SMILES string of the molecule is CCSc1ccc(Oc2ccc(Br)cc2Cl)cc1C(=O)Cl. The second-order valence-corrected chi connectivity index (χ2v) is 7.01. The van der Waals surface area contributed by atoms with Crippen LogP contribution >= 0.6 is 50.9 Å². The van der Waals surface area contributed by atoms with Gasteiger partial charge in [0.05, 0.1) is 10.6 Å². The van der Waals surface area contributed by atoms with E-state index in [1.807, 2.05) is 19.1 Å². The first-order chi connectivity index (χ1) is 10.0. The second kappa shape index (κ2) is 7.54. The highest BCUT2D eigenvalue weighted by atomic mass is 79.9. The maximum absolute atomic E-state index is 11.5. The van der Waals surface area contributed by atoms with Crippen molar-refractivity contribution in [1.82, 2.24) is 0 Å². The zero-order valence-corrected chi connectivity index (χ0v) is 14.9. The molecule has 0 aromatic heterocycles. The predicted molar refractivity (Wildman–Crippen MR) is 92.2 cm³/mol. The second-order valence-electron chi connectivity index (χ2n) is 4.04. The Hall–Kier alpha value is -0.680. The molecule has 2 nitrogen and oxygen atoms in total. The Kier molecular flexibility index (Phi) is 5.99. The van der Waals surface area contributed by atoms with Crippen molar-refractivity contribution in [2.24, 2.45) is 0 Å². The molecule has 2 aromatic rings. The third kappa shape index (κ3) is 4.39. The van der Waals surface area contributed by atoms with Crippen molar-refractivity contribution in [3.8, 4) is 11.5 Å². The molecule has 0 spiro atoms. The lowest BCUT2D eigenvalue weighted by Gasteiger charge is -2.10. The third-order valence-electron chi connectivity index (χ3n) is 2.58. The van der Waals surface area contributed by atoms with Crippen LogP contribution in [0.5, 0.6) is 11.5 Å². The molecule has 21 heavy (non-hydrogen) atoms. The lowest BCUT2D eigenvalue weighted by molar-refractivity contribution is 0.107. The maximum Gasteiger partial charge on any atom is 0.253 e. The summed E-state index contributed by atoms with van der Waals surface area (Å²) in [6, 6.07) is 10.6. The fourth-order valence-corrected chi connectivity index (χ4v) is 3.40. The number of carbonyl (C=O) groups excluding carboxylic acids is 1. The van der Waals surface area contributed by atoms with E-state index in [0.29, 0.717) is 22.1 Å². The van der Waals surface area contributed by atoms with E-state index in [4.69, 9.17) is 27.9 Å². The topological polar surface area (TPSA) is 26.3 Å². The van der Waals surface area contributed by atoms with Crippen LogP contribution in [0.25, 0.3) is 0 Å². The monoisotopic (exact) mass is 404 g/mol. The van der Waals surface area contributed by atoms with E-state index in [0.717, 1.165) is 15.1 Å². The van der Waals surface area contributed by atoms with Crippen LogP contribution in [0.3, 0.4) is 0 Å². The number of rotatable bonds is 5. The van der Waals surface area contributed by atoms with E-state index in [1.54, 1.807) is 36.0 Å². The highest BCUT2D eigenvalue weighted by Crippen LogP contribution is 2.34. The van der Waals surface area contributed by atoms with Crippen LogP contribution in [0.2, 0.25) is 5.02 Å². The number of benzene rings is 2. The smallest absolute Gasteiger partial charge is 0.253 e. The molecule has 0 aliphatic heterocycles. The lowest BCUT2D eigenvalue weighted by atomic mass is 10.2. The first kappa shape index (κ1) is 16.7. The summed E-state index contributed by atoms with van der Waals surface area (Å²) in [7, 11) is 0. The summed E-state index contributed by atoms with van der Waals surface area (Å²) in [5.41, 5.74) is 0.439. The van der Waals surface area contributed by atoms with E-state index in [-0.39, 0.29) is 0 Å². The molecule has 0 aliphatic rings. The minimum atomic E-state index is -0.502.